The zero-order chi connectivity index (χ0) is 13.8. The van der Waals surface area contributed by atoms with Crippen molar-refractivity contribution in [1.82, 2.24) is 4.90 Å². The smallest absolute Gasteiger partial charge is 0.179 e. The Morgan fingerprint density at radius 2 is 1.75 bits per heavy atom. The molecule has 1 aromatic rings. The molecule has 1 fully saturated rings. The standard InChI is InChI=1S/C16H22FNO.ClH/c1-12(2)11-15(18-9-3-4-10-18)16(19)13-5-7-14(17)8-6-13;/h5-8,12,15H,3-4,9-11H2,1-2H3;1H. The number of carbonyl (C=O) groups excluding carboxylic acids is 1. The van der Waals surface area contributed by atoms with Crippen LogP contribution in [0.15, 0.2) is 24.3 Å². The third-order valence-electron chi connectivity index (χ3n) is 3.71. The van der Waals surface area contributed by atoms with E-state index in [0.717, 1.165) is 19.5 Å². The van der Waals surface area contributed by atoms with Crippen molar-refractivity contribution in [2.24, 2.45) is 5.92 Å². The monoisotopic (exact) mass is 299 g/mol. The van der Waals surface area contributed by atoms with Crippen LogP contribution in [0.1, 0.15) is 43.5 Å². The van der Waals surface area contributed by atoms with Gasteiger partial charge in [0.05, 0.1) is 6.04 Å². The van der Waals surface area contributed by atoms with Crippen LogP contribution >= 0.6 is 12.4 Å². The highest BCUT2D eigenvalue weighted by Gasteiger charge is 2.29. The van der Waals surface area contributed by atoms with Crippen molar-refractivity contribution in [3.63, 3.8) is 0 Å². The molecule has 1 aromatic carbocycles. The summed E-state index contributed by atoms with van der Waals surface area (Å²) in [5, 5.41) is 0. The molecule has 0 N–H and O–H groups in total. The topological polar surface area (TPSA) is 20.3 Å². The zero-order valence-corrected chi connectivity index (χ0v) is 13.0. The predicted octanol–water partition coefficient (Wildman–Crippen LogP) is 3.94. The van der Waals surface area contributed by atoms with Gasteiger partial charge in [-0.15, -0.1) is 12.4 Å². The average Bonchev–Trinajstić information content (AvgIpc) is 2.89. The summed E-state index contributed by atoms with van der Waals surface area (Å²) in [5.74, 6) is 0.323. The summed E-state index contributed by atoms with van der Waals surface area (Å²) in [7, 11) is 0. The second-order valence-corrected chi connectivity index (χ2v) is 5.76. The molecule has 0 aromatic heterocycles. The fraction of sp³-hybridized carbons (Fsp3) is 0.562. The Bertz CT molecular complexity index is 427. The van der Waals surface area contributed by atoms with Gasteiger partial charge in [-0.3, -0.25) is 9.69 Å². The fourth-order valence-electron chi connectivity index (χ4n) is 2.73. The van der Waals surface area contributed by atoms with E-state index in [1.54, 1.807) is 12.1 Å². The minimum absolute atomic E-state index is 0. The highest BCUT2D eigenvalue weighted by Crippen LogP contribution is 2.21. The summed E-state index contributed by atoms with van der Waals surface area (Å²) >= 11 is 0. The lowest BCUT2D eigenvalue weighted by Crippen LogP contribution is -2.40. The van der Waals surface area contributed by atoms with Crippen LogP contribution in [0.4, 0.5) is 4.39 Å². The molecule has 0 saturated carbocycles. The summed E-state index contributed by atoms with van der Waals surface area (Å²) < 4.78 is 12.9. The summed E-state index contributed by atoms with van der Waals surface area (Å²) in [4.78, 5) is 14.9. The van der Waals surface area contributed by atoms with Crippen LogP contribution in [0.2, 0.25) is 0 Å². The number of carbonyl (C=O) groups is 1. The minimum Gasteiger partial charge on any atom is -0.293 e. The number of nitrogens with zero attached hydrogens (tertiary/aromatic N) is 1. The lowest BCUT2D eigenvalue weighted by molar-refractivity contribution is 0.0822. The maximum Gasteiger partial charge on any atom is 0.179 e. The molecule has 2 rings (SSSR count). The van der Waals surface area contributed by atoms with Crippen LogP contribution in [0.5, 0.6) is 0 Å². The van der Waals surface area contributed by atoms with Gasteiger partial charge in [0.2, 0.25) is 0 Å². The molecule has 0 bridgehead atoms. The van der Waals surface area contributed by atoms with E-state index in [4.69, 9.17) is 0 Å². The minimum atomic E-state index is -0.293. The van der Waals surface area contributed by atoms with Crippen molar-refractivity contribution < 1.29 is 9.18 Å². The van der Waals surface area contributed by atoms with E-state index in [-0.39, 0.29) is 30.0 Å². The largest absolute Gasteiger partial charge is 0.293 e. The molecule has 0 aliphatic carbocycles. The second kappa shape index (κ2) is 7.75. The van der Waals surface area contributed by atoms with E-state index >= 15 is 0 Å². The zero-order valence-electron chi connectivity index (χ0n) is 12.1. The van der Waals surface area contributed by atoms with Crippen molar-refractivity contribution >= 4 is 18.2 Å². The Morgan fingerprint density at radius 3 is 2.25 bits per heavy atom. The quantitative estimate of drug-likeness (QED) is 0.768. The highest BCUT2D eigenvalue weighted by molar-refractivity contribution is 6.00. The van der Waals surface area contributed by atoms with E-state index in [1.165, 1.54) is 25.0 Å². The molecule has 1 unspecified atom stereocenters. The molecule has 1 aliphatic heterocycles. The molecule has 1 saturated heterocycles. The third kappa shape index (κ3) is 4.29. The lowest BCUT2D eigenvalue weighted by atomic mass is 9.95. The molecule has 0 spiro atoms. The van der Waals surface area contributed by atoms with Gasteiger partial charge < -0.3 is 0 Å². The van der Waals surface area contributed by atoms with Gasteiger partial charge in [0.15, 0.2) is 5.78 Å². The fourth-order valence-corrected chi connectivity index (χ4v) is 2.73. The molecule has 2 nitrogen and oxygen atoms in total. The van der Waals surface area contributed by atoms with Gasteiger partial charge in [0.25, 0.3) is 0 Å². The van der Waals surface area contributed by atoms with Gasteiger partial charge in [-0.25, -0.2) is 4.39 Å². The summed E-state index contributed by atoms with van der Waals surface area (Å²) in [6.45, 7) is 6.29. The first-order valence-electron chi connectivity index (χ1n) is 7.12. The maximum atomic E-state index is 12.9. The Balaban J connectivity index is 0.00000200. The molecule has 112 valence electrons. The second-order valence-electron chi connectivity index (χ2n) is 5.76. The highest BCUT2D eigenvalue weighted by atomic mass is 35.5. The SMILES string of the molecule is CC(C)CC(C(=O)c1ccc(F)cc1)N1CCCC1.Cl. The molecule has 20 heavy (non-hydrogen) atoms. The third-order valence-corrected chi connectivity index (χ3v) is 3.71. The first kappa shape index (κ1) is 17.1. The van der Waals surface area contributed by atoms with Gasteiger partial charge in [-0.05, 0) is 62.5 Å². The summed E-state index contributed by atoms with van der Waals surface area (Å²) in [5.41, 5.74) is 0.624. The number of ketones is 1. The normalized spacial score (nSPS) is 17.0. The van der Waals surface area contributed by atoms with E-state index in [1.807, 2.05) is 0 Å². The van der Waals surface area contributed by atoms with Gasteiger partial charge in [0.1, 0.15) is 5.82 Å². The number of halogens is 2. The van der Waals surface area contributed by atoms with Crippen LogP contribution in [0.3, 0.4) is 0 Å². The van der Waals surface area contributed by atoms with Gasteiger partial charge in [0, 0.05) is 5.56 Å². The van der Waals surface area contributed by atoms with Crippen LogP contribution in [-0.2, 0) is 0 Å². The van der Waals surface area contributed by atoms with Crippen molar-refractivity contribution in [2.75, 3.05) is 13.1 Å². The van der Waals surface area contributed by atoms with Crippen LogP contribution in [0, 0.1) is 11.7 Å². The molecule has 1 aliphatic rings. The molecular weight excluding hydrogens is 277 g/mol. The number of hydrogen-bond acceptors (Lipinski definition) is 2. The summed E-state index contributed by atoms with van der Waals surface area (Å²) in [6, 6.07) is 5.88. The van der Waals surface area contributed by atoms with Gasteiger partial charge in [-0.2, -0.15) is 0 Å². The van der Waals surface area contributed by atoms with Crippen molar-refractivity contribution in [1.29, 1.82) is 0 Å². The molecule has 0 radical (unpaired) electrons. The first-order valence-corrected chi connectivity index (χ1v) is 7.12. The van der Waals surface area contributed by atoms with E-state index in [2.05, 4.69) is 18.7 Å². The van der Waals surface area contributed by atoms with Crippen LogP contribution in [-0.4, -0.2) is 29.8 Å². The van der Waals surface area contributed by atoms with Gasteiger partial charge in [-0.1, -0.05) is 13.8 Å². The van der Waals surface area contributed by atoms with Crippen molar-refractivity contribution in [3.8, 4) is 0 Å². The molecule has 4 heteroatoms. The first-order chi connectivity index (χ1) is 9.08. The number of likely N-dealkylation sites (tertiary alicyclic amines) is 1. The van der Waals surface area contributed by atoms with E-state index in [0.29, 0.717) is 11.5 Å². The Kier molecular flexibility index (Phi) is 6.63. The molecular formula is C16H23ClFNO. The van der Waals surface area contributed by atoms with E-state index in [9.17, 15) is 9.18 Å². The van der Waals surface area contributed by atoms with Crippen molar-refractivity contribution in [2.45, 2.75) is 39.2 Å². The average molecular weight is 300 g/mol. The Labute approximate surface area is 126 Å². The summed E-state index contributed by atoms with van der Waals surface area (Å²) in [6.07, 6.45) is 3.22. The lowest BCUT2D eigenvalue weighted by Gasteiger charge is -2.27. The van der Waals surface area contributed by atoms with Crippen LogP contribution < -0.4 is 0 Å². The van der Waals surface area contributed by atoms with Crippen molar-refractivity contribution in [3.05, 3.63) is 35.6 Å². The van der Waals surface area contributed by atoms with E-state index < -0.39 is 0 Å². The number of Topliss-reactive ketones (excluding diaryl/α,β-unsaturated/α-hetero) is 1. The number of rotatable bonds is 5. The number of benzene rings is 1. The molecule has 1 atom stereocenters. The maximum absolute atomic E-state index is 12.9. The Morgan fingerprint density at radius 1 is 1.20 bits per heavy atom. The molecule has 0 amide bonds. The predicted molar refractivity (Wildman–Crippen MR) is 82.0 cm³/mol. The number of hydrogen-bond donors (Lipinski definition) is 0. The Hall–Kier alpha value is -0.930. The van der Waals surface area contributed by atoms with Gasteiger partial charge >= 0.3 is 0 Å². The van der Waals surface area contributed by atoms with Crippen LogP contribution in [0.25, 0.3) is 0 Å². The molecule has 1 heterocycles.